The van der Waals surface area contributed by atoms with Crippen LogP contribution in [-0.2, 0) is 0 Å². The van der Waals surface area contributed by atoms with Crippen LogP contribution in [0, 0.1) is 34.5 Å². The van der Waals surface area contributed by atoms with Gasteiger partial charge in [-0.25, -0.2) is 0 Å². The van der Waals surface area contributed by atoms with Crippen LogP contribution in [0.5, 0.6) is 0 Å². The van der Waals surface area contributed by atoms with Crippen molar-refractivity contribution >= 4 is 5.71 Å². The van der Waals surface area contributed by atoms with Crippen molar-refractivity contribution in [2.45, 2.75) is 79.1 Å². The molecule has 0 spiro atoms. The van der Waals surface area contributed by atoms with E-state index in [1.165, 1.54) is 57.1 Å². The highest BCUT2D eigenvalue weighted by Gasteiger charge is 2.58. The molecule has 0 bridgehead atoms. The molecule has 0 amide bonds. The van der Waals surface area contributed by atoms with Crippen molar-refractivity contribution in [1.29, 1.82) is 0 Å². The van der Waals surface area contributed by atoms with E-state index in [-0.39, 0.29) is 0 Å². The Morgan fingerprint density at radius 1 is 1.20 bits per heavy atom. The highest BCUT2D eigenvalue weighted by Crippen LogP contribution is 2.66. The summed E-state index contributed by atoms with van der Waals surface area (Å²) < 4.78 is 0. The molecule has 25 heavy (non-hydrogen) atoms. The molecule has 1 nitrogen and oxygen atoms in total. The Hall–Kier alpha value is -0.850. The minimum atomic E-state index is 0.402. The quantitative estimate of drug-likeness (QED) is 0.496. The Morgan fingerprint density at radius 3 is 2.60 bits per heavy atom. The number of hydrogen-bond donors (Lipinski definition) is 0. The van der Waals surface area contributed by atoms with Gasteiger partial charge in [0.15, 0.2) is 0 Å². The predicted molar refractivity (Wildman–Crippen MR) is 110 cm³/mol. The minimum Gasteiger partial charge on any atom is -0.297 e. The van der Waals surface area contributed by atoms with E-state index >= 15 is 0 Å². The maximum atomic E-state index is 4.60. The number of fused-ring (bicyclic) bond motifs is 3. The third kappa shape index (κ3) is 2.86. The number of nitrogens with zero attached hydrogens (tertiary/aromatic N) is 1. The molecule has 0 heterocycles. The summed E-state index contributed by atoms with van der Waals surface area (Å²) in [6, 6.07) is 0. The second-order valence-corrected chi connectivity index (χ2v) is 9.55. The Balaban J connectivity index is 1.93. The van der Waals surface area contributed by atoms with E-state index in [4.69, 9.17) is 0 Å². The van der Waals surface area contributed by atoms with Gasteiger partial charge in [0.05, 0.1) is 0 Å². The topological polar surface area (TPSA) is 12.4 Å². The third-order valence-corrected chi connectivity index (χ3v) is 8.68. The molecule has 0 saturated heterocycles. The van der Waals surface area contributed by atoms with Gasteiger partial charge in [0, 0.05) is 18.7 Å². The largest absolute Gasteiger partial charge is 0.297 e. The van der Waals surface area contributed by atoms with Gasteiger partial charge >= 0.3 is 0 Å². The molecule has 0 aromatic carbocycles. The van der Waals surface area contributed by atoms with E-state index in [1.54, 1.807) is 5.57 Å². The molecule has 0 aromatic rings. The minimum absolute atomic E-state index is 0.402. The van der Waals surface area contributed by atoms with Crippen molar-refractivity contribution < 1.29 is 0 Å². The summed E-state index contributed by atoms with van der Waals surface area (Å²) in [7, 11) is 1.99. The van der Waals surface area contributed by atoms with E-state index < -0.39 is 0 Å². The number of hydrogen-bond acceptors (Lipinski definition) is 1. The summed E-state index contributed by atoms with van der Waals surface area (Å²) in [5, 5.41) is 0. The lowest BCUT2D eigenvalue weighted by Crippen LogP contribution is -2.50. The molecule has 1 heteroatoms. The van der Waals surface area contributed by atoms with Crippen LogP contribution in [-0.4, -0.2) is 12.8 Å². The van der Waals surface area contributed by atoms with Crippen LogP contribution in [0.4, 0.5) is 0 Å². The van der Waals surface area contributed by atoms with Gasteiger partial charge in [0.25, 0.3) is 0 Å². The maximum absolute atomic E-state index is 4.60. The zero-order valence-electron chi connectivity index (χ0n) is 17.3. The molecule has 140 valence electrons. The van der Waals surface area contributed by atoms with Gasteiger partial charge in [-0.3, -0.25) is 4.99 Å². The average molecular weight is 342 g/mol. The molecule has 3 aliphatic rings. The van der Waals surface area contributed by atoms with Gasteiger partial charge in [-0.05, 0) is 80.5 Å². The van der Waals surface area contributed by atoms with E-state index in [2.05, 4.69) is 45.3 Å². The van der Waals surface area contributed by atoms with Crippen LogP contribution in [0.15, 0.2) is 29.3 Å². The first-order chi connectivity index (χ1) is 11.9. The summed E-state index contributed by atoms with van der Waals surface area (Å²) in [5.74, 6) is 3.44. The molecule has 0 radical (unpaired) electrons. The van der Waals surface area contributed by atoms with Crippen molar-refractivity contribution in [1.82, 2.24) is 0 Å². The molecule has 0 aliphatic heterocycles. The Bertz CT molecular complexity index is 571. The molecule has 6 atom stereocenters. The zero-order valence-corrected chi connectivity index (χ0v) is 17.3. The first kappa shape index (κ1) is 18.9. The first-order valence-corrected chi connectivity index (χ1v) is 10.7. The van der Waals surface area contributed by atoms with Crippen molar-refractivity contribution in [2.75, 3.05) is 7.05 Å². The van der Waals surface area contributed by atoms with Crippen LogP contribution < -0.4 is 0 Å². The Labute approximate surface area is 156 Å². The van der Waals surface area contributed by atoms with E-state index in [1.807, 2.05) is 13.1 Å². The lowest BCUT2D eigenvalue weighted by atomic mass is 9.47. The van der Waals surface area contributed by atoms with Crippen molar-refractivity contribution in [3.63, 3.8) is 0 Å². The van der Waals surface area contributed by atoms with Gasteiger partial charge < -0.3 is 0 Å². The maximum Gasteiger partial charge on any atom is 0.0276 e. The summed E-state index contributed by atoms with van der Waals surface area (Å²) >= 11 is 0. The van der Waals surface area contributed by atoms with Gasteiger partial charge in [-0.2, -0.15) is 0 Å². The monoisotopic (exact) mass is 341 g/mol. The van der Waals surface area contributed by atoms with Crippen LogP contribution in [0.1, 0.15) is 79.1 Å². The van der Waals surface area contributed by atoms with E-state index in [9.17, 15) is 0 Å². The molecule has 0 aromatic heterocycles. The summed E-state index contributed by atoms with van der Waals surface area (Å²) in [6.45, 7) is 13.8. The molecular weight excluding hydrogens is 302 g/mol. The van der Waals surface area contributed by atoms with Crippen molar-refractivity contribution in [3.8, 4) is 0 Å². The summed E-state index contributed by atoms with van der Waals surface area (Å²) in [5.41, 5.74) is 3.99. The van der Waals surface area contributed by atoms with E-state index in [0.717, 1.165) is 23.7 Å². The molecule has 6 unspecified atom stereocenters. The number of rotatable bonds is 4. The molecule has 3 rings (SSSR count). The molecular formula is C24H39N. The standard InChI is InChI=1S/C24H39N/c1-7-9-18-10-11-19-21-13-12-20(17(3)25-6)24(21,5)16-14-22(19)23(18,4)15-8-2/h7,9,19-22H,1,8,10-16H2,2-6H3/b18-9-,25-17-. The fourth-order valence-corrected chi connectivity index (χ4v) is 7.45. The summed E-state index contributed by atoms with van der Waals surface area (Å²) in [6.07, 6.45) is 15.3. The SMILES string of the molecule is C=C/C=C1/CCC2C(CCC3(C)C(/C(C)=N\C)CCC23)C1(C)CCC. The highest BCUT2D eigenvalue weighted by atomic mass is 14.7. The lowest BCUT2D eigenvalue weighted by molar-refractivity contribution is -0.0408. The predicted octanol–water partition coefficient (Wildman–Crippen LogP) is 6.85. The second kappa shape index (κ2) is 7.05. The van der Waals surface area contributed by atoms with Crippen LogP contribution in [0.2, 0.25) is 0 Å². The lowest BCUT2D eigenvalue weighted by Gasteiger charge is -2.57. The number of aliphatic imine (C=N–C) groups is 1. The van der Waals surface area contributed by atoms with Crippen molar-refractivity contribution in [3.05, 3.63) is 24.3 Å². The van der Waals surface area contributed by atoms with E-state index in [0.29, 0.717) is 10.8 Å². The van der Waals surface area contributed by atoms with Crippen molar-refractivity contribution in [2.24, 2.45) is 39.5 Å². The van der Waals surface area contributed by atoms with Gasteiger partial charge in [0.2, 0.25) is 0 Å². The molecule has 3 fully saturated rings. The Kier molecular flexibility index (Phi) is 5.33. The highest BCUT2D eigenvalue weighted by molar-refractivity contribution is 5.85. The van der Waals surface area contributed by atoms with Crippen LogP contribution in [0.25, 0.3) is 0 Å². The normalized spacial score (nSPS) is 46.0. The molecule has 0 N–H and O–H groups in total. The smallest absolute Gasteiger partial charge is 0.0276 e. The Morgan fingerprint density at radius 2 is 1.96 bits per heavy atom. The zero-order chi connectivity index (χ0) is 18.2. The van der Waals surface area contributed by atoms with Gasteiger partial charge in [-0.15, -0.1) is 0 Å². The molecule has 3 saturated carbocycles. The fourth-order valence-electron chi connectivity index (χ4n) is 7.45. The first-order valence-electron chi connectivity index (χ1n) is 10.7. The molecule has 3 aliphatic carbocycles. The van der Waals surface area contributed by atoms with Gasteiger partial charge in [-0.1, -0.05) is 51.5 Å². The van der Waals surface area contributed by atoms with Crippen LogP contribution in [0.3, 0.4) is 0 Å². The fraction of sp³-hybridized carbons (Fsp3) is 0.792. The van der Waals surface area contributed by atoms with Gasteiger partial charge in [0.1, 0.15) is 0 Å². The average Bonchev–Trinajstić information content (AvgIpc) is 2.94. The second-order valence-electron chi connectivity index (χ2n) is 9.55. The third-order valence-electron chi connectivity index (χ3n) is 8.68. The van der Waals surface area contributed by atoms with Crippen LogP contribution >= 0.6 is 0 Å². The number of allylic oxidation sites excluding steroid dienone is 3. The summed E-state index contributed by atoms with van der Waals surface area (Å²) in [4.78, 5) is 4.60.